The highest BCUT2D eigenvalue weighted by Gasteiger charge is 2.31. The van der Waals surface area contributed by atoms with Gasteiger partial charge in [-0.15, -0.1) is 11.8 Å². The Kier molecular flexibility index (Phi) is 5.99. The van der Waals surface area contributed by atoms with Crippen molar-refractivity contribution in [3.8, 4) is 0 Å². The van der Waals surface area contributed by atoms with Crippen LogP contribution in [0, 0.1) is 6.92 Å². The van der Waals surface area contributed by atoms with Crippen LogP contribution in [0.4, 0.5) is 18.9 Å². The van der Waals surface area contributed by atoms with Gasteiger partial charge in [0.15, 0.2) is 0 Å². The Balaban J connectivity index is 1.79. The van der Waals surface area contributed by atoms with E-state index in [2.05, 4.69) is 15.3 Å². The number of hydrogen-bond donors (Lipinski definition) is 1. The SMILES string of the molecule is Cc1cc(NC(=O)c2cccnc2SCc2ccncc2)cc(C(F)(F)F)c1. The summed E-state index contributed by atoms with van der Waals surface area (Å²) in [4.78, 5) is 20.9. The summed E-state index contributed by atoms with van der Waals surface area (Å²) < 4.78 is 39.0. The zero-order valence-electron chi connectivity index (χ0n) is 14.8. The van der Waals surface area contributed by atoms with E-state index in [9.17, 15) is 18.0 Å². The van der Waals surface area contributed by atoms with Crippen LogP contribution >= 0.6 is 11.8 Å². The quantitative estimate of drug-likeness (QED) is 0.584. The molecule has 1 N–H and O–H groups in total. The van der Waals surface area contributed by atoms with Crippen LogP contribution in [0.3, 0.4) is 0 Å². The predicted octanol–water partition coefficient (Wildman–Crippen LogP) is 5.35. The van der Waals surface area contributed by atoms with E-state index in [1.54, 1.807) is 37.6 Å². The van der Waals surface area contributed by atoms with Crippen molar-refractivity contribution in [2.75, 3.05) is 5.32 Å². The van der Waals surface area contributed by atoms with Gasteiger partial charge in [-0.2, -0.15) is 13.2 Å². The minimum atomic E-state index is -4.48. The van der Waals surface area contributed by atoms with Crippen molar-refractivity contribution in [3.05, 3.63) is 83.3 Å². The first-order chi connectivity index (χ1) is 13.3. The lowest BCUT2D eigenvalue weighted by atomic mass is 10.1. The van der Waals surface area contributed by atoms with Crippen molar-refractivity contribution in [1.82, 2.24) is 9.97 Å². The van der Waals surface area contributed by atoms with Crippen LogP contribution in [0.25, 0.3) is 0 Å². The monoisotopic (exact) mass is 403 g/mol. The van der Waals surface area contributed by atoms with E-state index >= 15 is 0 Å². The molecular formula is C20H16F3N3OS. The summed E-state index contributed by atoms with van der Waals surface area (Å²) in [6.07, 6.45) is 0.446. The third-order valence-corrected chi connectivity index (χ3v) is 4.88. The fourth-order valence-electron chi connectivity index (χ4n) is 2.53. The molecule has 0 fully saturated rings. The van der Waals surface area contributed by atoms with E-state index < -0.39 is 17.6 Å². The lowest BCUT2D eigenvalue weighted by molar-refractivity contribution is -0.137. The molecule has 2 heterocycles. The number of aromatic nitrogens is 2. The van der Waals surface area contributed by atoms with E-state index in [4.69, 9.17) is 0 Å². The van der Waals surface area contributed by atoms with Crippen LogP contribution in [0.5, 0.6) is 0 Å². The molecule has 0 unspecified atom stereocenters. The van der Waals surface area contributed by atoms with E-state index in [-0.39, 0.29) is 5.69 Å². The number of pyridine rings is 2. The van der Waals surface area contributed by atoms with Gasteiger partial charge < -0.3 is 5.32 Å². The first-order valence-electron chi connectivity index (χ1n) is 8.30. The van der Waals surface area contributed by atoms with Crippen LogP contribution < -0.4 is 5.32 Å². The average Bonchev–Trinajstić information content (AvgIpc) is 2.66. The Morgan fingerprint density at radius 2 is 1.86 bits per heavy atom. The van der Waals surface area contributed by atoms with Gasteiger partial charge in [0.1, 0.15) is 5.03 Å². The van der Waals surface area contributed by atoms with Crippen molar-refractivity contribution >= 4 is 23.4 Å². The molecule has 0 spiro atoms. The summed E-state index contributed by atoms with van der Waals surface area (Å²) in [5.41, 5.74) is 1.01. The maximum absolute atomic E-state index is 13.0. The molecule has 8 heteroatoms. The number of anilines is 1. The number of aryl methyl sites for hydroxylation is 1. The molecule has 0 aliphatic rings. The number of nitrogens with zero attached hydrogens (tertiary/aromatic N) is 2. The highest BCUT2D eigenvalue weighted by atomic mass is 32.2. The van der Waals surface area contributed by atoms with Gasteiger partial charge in [-0.3, -0.25) is 9.78 Å². The molecule has 28 heavy (non-hydrogen) atoms. The topological polar surface area (TPSA) is 54.9 Å². The molecule has 0 saturated heterocycles. The van der Waals surface area contributed by atoms with Crippen molar-refractivity contribution in [3.63, 3.8) is 0 Å². The van der Waals surface area contributed by atoms with Gasteiger partial charge in [0.05, 0.1) is 11.1 Å². The fraction of sp³-hybridized carbons (Fsp3) is 0.150. The standard InChI is InChI=1S/C20H16F3N3OS/c1-13-9-15(20(21,22)23)11-16(10-13)26-18(27)17-3-2-6-25-19(17)28-12-14-4-7-24-8-5-14/h2-11H,12H2,1H3,(H,26,27). The number of halogens is 3. The second-order valence-electron chi connectivity index (χ2n) is 6.04. The summed E-state index contributed by atoms with van der Waals surface area (Å²) in [6, 6.07) is 10.4. The maximum atomic E-state index is 13.0. The molecule has 0 bridgehead atoms. The summed E-state index contributed by atoms with van der Waals surface area (Å²) in [7, 11) is 0. The zero-order valence-corrected chi connectivity index (χ0v) is 15.6. The molecule has 144 valence electrons. The molecule has 0 radical (unpaired) electrons. The van der Waals surface area contributed by atoms with Crippen molar-refractivity contribution in [2.24, 2.45) is 0 Å². The summed E-state index contributed by atoms with van der Waals surface area (Å²) in [5.74, 6) is 0.0757. The molecule has 0 aliphatic heterocycles. The molecular weight excluding hydrogens is 387 g/mol. The summed E-state index contributed by atoms with van der Waals surface area (Å²) >= 11 is 1.37. The van der Waals surface area contributed by atoms with Crippen molar-refractivity contribution in [1.29, 1.82) is 0 Å². The summed E-state index contributed by atoms with van der Waals surface area (Å²) in [6.45, 7) is 1.55. The van der Waals surface area contributed by atoms with E-state index in [0.29, 0.717) is 21.9 Å². The van der Waals surface area contributed by atoms with Gasteiger partial charge in [-0.1, -0.05) is 0 Å². The van der Waals surface area contributed by atoms with Gasteiger partial charge in [-0.05, 0) is 60.5 Å². The van der Waals surface area contributed by atoms with Crippen LogP contribution in [-0.2, 0) is 11.9 Å². The van der Waals surface area contributed by atoms with E-state index in [0.717, 1.165) is 17.7 Å². The fourth-order valence-corrected chi connectivity index (χ4v) is 3.47. The number of carbonyl (C=O) groups excluding carboxylic acids is 1. The Morgan fingerprint density at radius 1 is 1.11 bits per heavy atom. The number of amides is 1. The number of nitrogens with one attached hydrogen (secondary N) is 1. The van der Waals surface area contributed by atoms with Crippen LogP contribution in [0.1, 0.15) is 27.0 Å². The predicted molar refractivity (Wildman–Crippen MR) is 102 cm³/mol. The molecule has 2 aromatic heterocycles. The van der Waals surface area contributed by atoms with Gasteiger partial charge in [0.2, 0.25) is 0 Å². The third kappa shape index (κ3) is 5.10. The number of benzene rings is 1. The second-order valence-corrected chi connectivity index (χ2v) is 7.00. The molecule has 4 nitrogen and oxygen atoms in total. The smallest absolute Gasteiger partial charge is 0.322 e. The van der Waals surface area contributed by atoms with Gasteiger partial charge in [0, 0.05) is 30.0 Å². The average molecular weight is 403 g/mol. The van der Waals surface area contributed by atoms with Crippen molar-refractivity contribution in [2.45, 2.75) is 23.9 Å². The number of carbonyl (C=O) groups is 1. The lowest BCUT2D eigenvalue weighted by Crippen LogP contribution is -2.15. The largest absolute Gasteiger partial charge is 0.416 e. The van der Waals surface area contributed by atoms with E-state index in [1.165, 1.54) is 17.8 Å². The van der Waals surface area contributed by atoms with Crippen LogP contribution in [0.15, 0.2) is 66.1 Å². The van der Waals surface area contributed by atoms with Gasteiger partial charge in [0.25, 0.3) is 5.91 Å². The van der Waals surface area contributed by atoms with Crippen molar-refractivity contribution < 1.29 is 18.0 Å². The maximum Gasteiger partial charge on any atom is 0.416 e. The molecule has 3 rings (SSSR count). The number of alkyl halides is 3. The lowest BCUT2D eigenvalue weighted by Gasteiger charge is -2.13. The minimum Gasteiger partial charge on any atom is -0.322 e. The molecule has 0 aliphatic carbocycles. The van der Waals surface area contributed by atoms with Crippen LogP contribution in [0.2, 0.25) is 0 Å². The van der Waals surface area contributed by atoms with Gasteiger partial charge in [-0.25, -0.2) is 4.98 Å². The second kappa shape index (κ2) is 8.43. The Morgan fingerprint density at radius 3 is 2.57 bits per heavy atom. The number of thioether (sulfide) groups is 1. The Bertz CT molecular complexity index is 978. The molecule has 0 saturated carbocycles. The molecule has 0 atom stereocenters. The molecule has 3 aromatic rings. The number of hydrogen-bond acceptors (Lipinski definition) is 4. The Hall–Kier alpha value is -2.87. The third-order valence-electron chi connectivity index (χ3n) is 3.80. The molecule has 1 amide bonds. The van der Waals surface area contributed by atoms with Gasteiger partial charge >= 0.3 is 6.18 Å². The molecule has 1 aromatic carbocycles. The van der Waals surface area contributed by atoms with Crippen LogP contribution in [-0.4, -0.2) is 15.9 Å². The normalized spacial score (nSPS) is 11.3. The number of rotatable bonds is 5. The first kappa shape index (κ1) is 19.9. The minimum absolute atomic E-state index is 0.0891. The summed E-state index contributed by atoms with van der Waals surface area (Å²) in [5, 5.41) is 3.05. The Labute approximate surface area is 164 Å². The highest BCUT2D eigenvalue weighted by Crippen LogP contribution is 2.32. The first-order valence-corrected chi connectivity index (χ1v) is 9.28. The van der Waals surface area contributed by atoms with E-state index in [1.807, 2.05) is 12.1 Å². The highest BCUT2D eigenvalue weighted by molar-refractivity contribution is 7.98. The zero-order chi connectivity index (χ0) is 20.1.